The predicted octanol–water partition coefficient (Wildman–Crippen LogP) is 1.07. The second-order valence-corrected chi connectivity index (χ2v) is 11.6. The molecule has 0 aliphatic rings. The summed E-state index contributed by atoms with van der Waals surface area (Å²) in [5.74, 6) is 0. The molecular formula is F4MoO6. The molecule has 11 heteroatoms. The summed E-state index contributed by atoms with van der Waals surface area (Å²) in [6.07, 6.45) is 0. The quantitative estimate of drug-likeness (QED) is 0.549. The molecule has 0 bridgehead atoms. The van der Waals surface area contributed by atoms with E-state index >= 15 is 0 Å². The van der Waals surface area contributed by atoms with Crippen LogP contribution in [0.25, 0.3) is 0 Å². The fraction of sp³-hybridized carbons (Fsp3) is 0. The van der Waals surface area contributed by atoms with Crippen molar-refractivity contribution >= 4 is 0 Å². The fourth-order valence-electron chi connectivity index (χ4n) is 0.00972. The molecule has 0 heterocycles. The van der Waals surface area contributed by atoms with Crippen molar-refractivity contribution in [2.45, 2.75) is 0 Å². The van der Waals surface area contributed by atoms with Crippen LogP contribution >= 0.6 is 0 Å². The van der Waals surface area contributed by atoms with Gasteiger partial charge in [0.05, 0.1) is 0 Å². The van der Waals surface area contributed by atoms with Gasteiger partial charge in [-0.1, -0.05) is 0 Å². The third kappa shape index (κ3) is 2.95. The minimum atomic E-state index is -13.7. The van der Waals surface area contributed by atoms with Crippen LogP contribution in [0.2, 0.25) is 0 Å². The zero-order chi connectivity index (χ0) is 9.77. The van der Waals surface area contributed by atoms with E-state index in [4.69, 9.17) is 13.6 Å². The minimum absolute atomic E-state index is 0.352. The maximum atomic E-state index is 11.4. The van der Waals surface area contributed by atoms with Crippen molar-refractivity contribution in [1.29, 1.82) is 0 Å². The molecule has 0 amide bonds. The molecule has 0 radical (unpaired) electrons. The van der Waals surface area contributed by atoms with Gasteiger partial charge < -0.3 is 0 Å². The molecule has 0 N–H and O–H groups in total. The van der Waals surface area contributed by atoms with E-state index in [1.807, 2.05) is 0 Å². The molecule has 0 unspecified atom stereocenters. The molecule has 0 saturated heterocycles. The number of hydrogen-bond donors (Lipinski definition) is 0. The van der Waals surface area contributed by atoms with Crippen LogP contribution in [0.4, 0.5) is 15.4 Å². The van der Waals surface area contributed by atoms with Gasteiger partial charge in [-0.3, -0.25) is 0 Å². The molecule has 0 saturated carbocycles. The van der Waals surface area contributed by atoms with E-state index in [1.54, 1.807) is 0 Å². The average molecular weight is 268 g/mol. The Balaban J connectivity index is 7.26. The zero-order valence-corrected chi connectivity index (χ0v) is 6.38. The molecule has 0 atom stereocenters. The van der Waals surface area contributed by atoms with Crippen molar-refractivity contribution < 1.29 is 48.9 Å². The first-order chi connectivity index (χ1) is 4.04. The molecular weight excluding hydrogens is 268 g/mol. The van der Waals surface area contributed by atoms with E-state index in [2.05, 4.69) is 0 Å². The molecule has 0 aromatic rings. The van der Waals surface area contributed by atoms with Gasteiger partial charge in [0.15, 0.2) is 0 Å². The van der Waals surface area contributed by atoms with Gasteiger partial charge in [-0.25, -0.2) is 0 Å². The molecule has 0 aliphatic carbocycles. The summed E-state index contributed by atoms with van der Waals surface area (Å²) in [7, 11) is 0. The Morgan fingerprint density at radius 3 is 1.00 bits per heavy atom. The van der Waals surface area contributed by atoms with Crippen LogP contribution in [-0.4, -0.2) is 0 Å². The monoisotopic (exact) mass is 270 g/mol. The summed E-state index contributed by atoms with van der Waals surface area (Å²) in [4.78, 5) is 0. The molecule has 0 rings (SSSR count). The first kappa shape index (κ1) is 10.5. The average Bonchev–Trinajstić information content (AvgIpc) is 1.65. The second kappa shape index (κ2) is 0.795. The molecule has 0 aromatic heterocycles. The van der Waals surface area contributed by atoms with Crippen molar-refractivity contribution in [2.24, 2.45) is 0 Å². The first-order valence-corrected chi connectivity index (χ1v) is 8.05. The van der Waals surface area contributed by atoms with Gasteiger partial charge in [0.25, 0.3) is 0 Å². The van der Waals surface area contributed by atoms with Gasteiger partial charge in [0, 0.05) is 0 Å². The van der Waals surface area contributed by atoms with Crippen molar-refractivity contribution in [2.75, 3.05) is 0 Å². The van der Waals surface area contributed by atoms with Crippen molar-refractivity contribution in [1.82, 2.24) is 0 Å². The Hall–Kier alpha value is -0.472. The Labute approximate surface area is 49.7 Å². The summed E-state index contributed by atoms with van der Waals surface area (Å²) < 4.78 is 81.0. The Morgan fingerprint density at radius 2 is 1.00 bits per heavy atom. The normalized spacial score (nSPS) is 27.3. The van der Waals surface area contributed by atoms with Crippen molar-refractivity contribution in [3.8, 4) is 0 Å². The third-order valence-electron chi connectivity index (χ3n) is 0.352. The molecule has 0 aromatic carbocycles. The Morgan fingerprint density at radius 1 is 0.818 bits per heavy atom. The van der Waals surface area contributed by atoms with Crippen LogP contribution < -0.4 is 0 Å². The van der Waals surface area contributed by atoms with Crippen LogP contribution in [0.3, 0.4) is 0 Å². The Bertz CT molecular complexity index is 586. The van der Waals surface area contributed by atoms with Crippen LogP contribution in [0, 0.1) is 0 Å². The Kier molecular flexibility index (Phi) is 0.761. The summed E-state index contributed by atoms with van der Waals surface area (Å²) in [6, 6.07) is 0. The van der Waals surface area contributed by atoms with E-state index in [0.717, 1.165) is 0 Å². The van der Waals surface area contributed by atoms with E-state index in [9.17, 15) is 15.4 Å². The van der Waals surface area contributed by atoms with E-state index in [0.29, 0.717) is 7.19 Å². The third-order valence-corrected chi connectivity index (χ3v) is 2.08. The standard InChI is InChI=1S/2FO.2FH.Mo.4O/c2*1-2;;;;;;;/h;;2*1H;;;;;/q2*-1;;;+4;;;;/p-2. The second-order valence-electron chi connectivity index (χ2n) is 1.96. The molecule has 0 fully saturated rings. The topological polar surface area (TPSA) is 86.7 Å². The molecule has 0 aliphatic heterocycles. The molecule has 70 valence electrons. The molecule has 6 nitrogen and oxygen atoms in total. The fourth-order valence-corrected chi connectivity index (χ4v) is 0.0575. The van der Waals surface area contributed by atoms with Crippen LogP contribution in [0.1, 0.15) is 0 Å². The molecule has 11 heavy (non-hydrogen) atoms. The number of rotatable bonds is 2. The van der Waals surface area contributed by atoms with Gasteiger partial charge in [-0.15, -0.1) is 0 Å². The maximum absolute atomic E-state index is 13.7. The zero-order valence-electron chi connectivity index (χ0n) is 4.37. The summed E-state index contributed by atoms with van der Waals surface area (Å²) in [6.45, 7) is 0. The predicted molar refractivity (Wildman–Crippen MR) is 9.35 cm³/mol. The van der Waals surface area contributed by atoms with Gasteiger partial charge in [0.1, 0.15) is 0 Å². The summed E-state index contributed by atoms with van der Waals surface area (Å²) in [5, 5.41) is 0. The van der Waals surface area contributed by atoms with E-state index < -0.39 is 12.7 Å². The van der Waals surface area contributed by atoms with Gasteiger partial charge in [-0.2, -0.15) is 0 Å². The van der Waals surface area contributed by atoms with Crippen LogP contribution in [-0.2, 0) is 33.5 Å². The van der Waals surface area contributed by atoms with E-state index in [1.165, 1.54) is 0 Å². The van der Waals surface area contributed by atoms with Crippen LogP contribution in [0.5, 0.6) is 0 Å². The van der Waals surface area contributed by atoms with Gasteiger partial charge >= 0.3 is 48.9 Å². The van der Waals surface area contributed by atoms with Gasteiger partial charge in [-0.05, 0) is 0 Å². The van der Waals surface area contributed by atoms with E-state index in [-0.39, 0.29) is 0 Å². The number of hydrogen-bond acceptors (Lipinski definition) is 6. The van der Waals surface area contributed by atoms with Gasteiger partial charge in [0.2, 0.25) is 0 Å². The SMILES string of the molecule is [O]=[Mo](=[O])(=[O])(=[O])([F])([F])([O]F)[O]F. The summed E-state index contributed by atoms with van der Waals surface area (Å²) >= 11 is -13.7. The summed E-state index contributed by atoms with van der Waals surface area (Å²) in [5.41, 5.74) is 0. The van der Waals surface area contributed by atoms with Crippen LogP contribution in [0.15, 0.2) is 0 Å². The first-order valence-electron chi connectivity index (χ1n) is 1.62. The number of halogens is 4. The van der Waals surface area contributed by atoms with Crippen molar-refractivity contribution in [3.05, 3.63) is 0 Å². The molecule has 0 spiro atoms. The van der Waals surface area contributed by atoms with Crippen molar-refractivity contribution in [3.63, 3.8) is 0 Å².